The lowest BCUT2D eigenvalue weighted by Crippen LogP contribution is -2.54. The van der Waals surface area contributed by atoms with E-state index in [1.807, 2.05) is 0 Å². The highest BCUT2D eigenvalue weighted by molar-refractivity contribution is 4.90. The molecule has 0 radical (unpaired) electrons. The Bertz CT molecular complexity index is 160. The van der Waals surface area contributed by atoms with Gasteiger partial charge in [0.05, 0.1) is 12.7 Å². The molecule has 2 unspecified atom stereocenters. The number of morpholine rings is 1. The third kappa shape index (κ3) is 1.50. The van der Waals surface area contributed by atoms with Crippen LogP contribution in [0.1, 0.15) is 26.7 Å². The third-order valence-electron chi connectivity index (χ3n) is 3.24. The van der Waals surface area contributed by atoms with Crippen molar-refractivity contribution in [2.24, 2.45) is 11.8 Å². The maximum atomic E-state index is 5.76. The third-order valence-corrected chi connectivity index (χ3v) is 3.24. The van der Waals surface area contributed by atoms with Crippen LogP contribution in [0.2, 0.25) is 0 Å². The monoisotopic (exact) mass is 169 g/mol. The van der Waals surface area contributed by atoms with Crippen LogP contribution in [0, 0.1) is 11.8 Å². The average molecular weight is 169 g/mol. The summed E-state index contributed by atoms with van der Waals surface area (Å²) in [5.41, 5.74) is 0. The molecule has 1 aliphatic carbocycles. The Balaban J connectivity index is 2.01. The SMILES string of the molecule is CC1CC(C)[C@@H]2NCCO[C@@H]2C1. The largest absolute Gasteiger partial charge is 0.375 e. The Hall–Kier alpha value is -0.0800. The minimum atomic E-state index is 0.498. The Labute approximate surface area is 74.7 Å². The molecule has 0 aromatic carbocycles. The minimum absolute atomic E-state index is 0.498. The standard InChI is InChI=1S/C10H19NO/c1-7-5-8(2)10-9(6-7)12-4-3-11-10/h7-11H,3-6H2,1-2H3/t7?,8?,9-,10+/m1/s1. The average Bonchev–Trinajstić information content (AvgIpc) is 2.04. The molecule has 4 atom stereocenters. The molecule has 2 rings (SSSR count). The summed E-state index contributed by atoms with van der Waals surface area (Å²) in [6, 6.07) is 0.634. The van der Waals surface area contributed by atoms with Gasteiger partial charge in [0.1, 0.15) is 0 Å². The van der Waals surface area contributed by atoms with Gasteiger partial charge in [-0.15, -0.1) is 0 Å². The summed E-state index contributed by atoms with van der Waals surface area (Å²) in [5.74, 6) is 1.64. The highest BCUT2D eigenvalue weighted by Crippen LogP contribution is 2.31. The van der Waals surface area contributed by atoms with Crippen molar-refractivity contribution in [3.63, 3.8) is 0 Å². The molecular formula is C10H19NO. The van der Waals surface area contributed by atoms with Crippen molar-refractivity contribution in [2.45, 2.75) is 38.8 Å². The Morgan fingerprint density at radius 1 is 1.25 bits per heavy atom. The summed E-state index contributed by atoms with van der Waals surface area (Å²) >= 11 is 0. The van der Waals surface area contributed by atoms with E-state index < -0.39 is 0 Å². The molecule has 12 heavy (non-hydrogen) atoms. The summed E-state index contributed by atoms with van der Waals surface area (Å²) < 4.78 is 5.76. The predicted molar refractivity (Wildman–Crippen MR) is 49.1 cm³/mol. The van der Waals surface area contributed by atoms with Gasteiger partial charge in [0.15, 0.2) is 0 Å². The van der Waals surface area contributed by atoms with E-state index in [1.165, 1.54) is 12.8 Å². The van der Waals surface area contributed by atoms with Gasteiger partial charge in [0, 0.05) is 12.6 Å². The molecule has 0 aromatic rings. The normalized spacial score (nSPS) is 48.5. The zero-order chi connectivity index (χ0) is 8.55. The smallest absolute Gasteiger partial charge is 0.0733 e. The first-order valence-corrected chi connectivity index (χ1v) is 5.12. The van der Waals surface area contributed by atoms with Crippen LogP contribution in [0.3, 0.4) is 0 Å². The molecule has 1 saturated heterocycles. The zero-order valence-electron chi connectivity index (χ0n) is 8.05. The van der Waals surface area contributed by atoms with Gasteiger partial charge in [-0.2, -0.15) is 0 Å². The molecule has 0 amide bonds. The molecule has 1 N–H and O–H groups in total. The Kier molecular flexibility index (Phi) is 2.37. The molecule has 1 saturated carbocycles. The van der Waals surface area contributed by atoms with E-state index in [0.717, 1.165) is 25.0 Å². The molecule has 2 aliphatic rings. The van der Waals surface area contributed by atoms with E-state index in [0.29, 0.717) is 12.1 Å². The topological polar surface area (TPSA) is 21.3 Å². The van der Waals surface area contributed by atoms with E-state index in [4.69, 9.17) is 4.74 Å². The number of hydrogen-bond acceptors (Lipinski definition) is 2. The van der Waals surface area contributed by atoms with Crippen LogP contribution in [0.25, 0.3) is 0 Å². The first kappa shape index (κ1) is 8.52. The minimum Gasteiger partial charge on any atom is -0.375 e. The zero-order valence-corrected chi connectivity index (χ0v) is 8.05. The van der Waals surface area contributed by atoms with Gasteiger partial charge in [-0.1, -0.05) is 13.8 Å². The summed E-state index contributed by atoms with van der Waals surface area (Å²) in [5, 5.41) is 3.57. The van der Waals surface area contributed by atoms with Crippen molar-refractivity contribution in [1.29, 1.82) is 0 Å². The first-order chi connectivity index (χ1) is 5.77. The van der Waals surface area contributed by atoms with Gasteiger partial charge < -0.3 is 10.1 Å². The summed E-state index contributed by atoms with van der Waals surface area (Å²) in [7, 11) is 0. The van der Waals surface area contributed by atoms with E-state index >= 15 is 0 Å². The number of ether oxygens (including phenoxy) is 1. The van der Waals surface area contributed by atoms with Crippen LogP contribution in [-0.2, 0) is 4.74 Å². The second-order valence-corrected chi connectivity index (χ2v) is 4.44. The molecule has 0 bridgehead atoms. The molecule has 2 nitrogen and oxygen atoms in total. The van der Waals surface area contributed by atoms with Crippen molar-refractivity contribution >= 4 is 0 Å². The van der Waals surface area contributed by atoms with Crippen LogP contribution < -0.4 is 5.32 Å². The van der Waals surface area contributed by atoms with Gasteiger partial charge in [0.25, 0.3) is 0 Å². The fourth-order valence-corrected chi connectivity index (χ4v) is 2.73. The molecule has 2 heteroatoms. The van der Waals surface area contributed by atoms with Crippen LogP contribution in [-0.4, -0.2) is 25.3 Å². The van der Waals surface area contributed by atoms with Crippen molar-refractivity contribution in [3.05, 3.63) is 0 Å². The molecule has 1 heterocycles. The molecule has 0 spiro atoms. The number of fused-ring (bicyclic) bond motifs is 1. The quantitative estimate of drug-likeness (QED) is 0.592. The van der Waals surface area contributed by atoms with Gasteiger partial charge in [-0.05, 0) is 24.7 Å². The second-order valence-electron chi connectivity index (χ2n) is 4.44. The van der Waals surface area contributed by atoms with E-state index in [2.05, 4.69) is 19.2 Å². The van der Waals surface area contributed by atoms with Crippen LogP contribution in [0.15, 0.2) is 0 Å². The van der Waals surface area contributed by atoms with E-state index in [-0.39, 0.29) is 0 Å². The highest BCUT2D eigenvalue weighted by Gasteiger charge is 2.35. The highest BCUT2D eigenvalue weighted by atomic mass is 16.5. The van der Waals surface area contributed by atoms with Gasteiger partial charge >= 0.3 is 0 Å². The fourth-order valence-electron chi connectivity index (χ4n) is 2.73. The van der Waals surface area contributed by atoms with Gasteiger partial charge in [0.2, 0.25) is 0 Å². The second kappa shape index (κ2) is 3.35. The lowest BCUT2D eigenvalue weighted by molar-refractivity contribution is -0.0527. The number of nitrogens with one attached hydrogen (secondary N) is 1. The lowest BCUT2D eigenvalue weighted by Gasteiger charge is -2.42. The van der Waals surface area contributed by atoms with Crippen molar-refractivity contribution < 1.29 is 4.74 Å². The first-order valence-electron chi connectivity index (χ1n) is 5.12. The summed E-state index contributed by atoms with van der Waals surface area (Å²) in [6.07, 6.45) is 3.11. The summed E-state index contributed by atoms with van der Waals surface area (Å²) in [6.45, 7) is 6.63. The molecule has 1 aliphatic heterocycles. The Morgan fingerprint density at radius 2 is 2.08 bits per heavy atom. The van der Waals surface area contributed by atoms with Crippen molar-refractivity contribution in [1.82, 2.24) is 5.32 Å². The summed E-state index contributed by atoms with van der Waals surface area (Å²) in [4.78, 5) is 0. The van der Waals surface area contributed by atoms with Crippen molar-refractivity contribution in [2.75, 3.05) is 13.2 Å². The van der Waals surface area contributed by atoms with E-state index in [9.17, 15) is 0 Å². The van der Waals surface area contributed by atoms with Gasteiger partial charge in [-0.25, -0.2) is 0 Å². The Morgan fingerprint density at radius 3 is 2.92 bits per heavy atom. The van der Waals surface area contributed by atoms with Crippen LogP contribution >= 0.6 is 0 Å². The number of rotatable bonds is 0. The van der Waals surface area contributed by atoms with Crippen molar-refractivity contribution in [3.8, 4) is 0 Å². The van der Waals surface area contributed by atoms with Gasteiger partial charge in [-0.3, -0.25) is 0 Å². The lowest BCUT2D eigenvalue weighted by atomic mass is 9.77. The van der Waals surface area contributed by atoms with E-state index in [1.54, 1.807) is 0 Å². The molecule has 2 fully saturated rings. The number of hydrogen-bond donors (Lipinski definition) is 1. The maximum absolute atomic E-state index is 5.76. The molecule has 0 aromatic heterocycles. The molecular weight excluding hydrogens is 150 g/mol. The predicted octanol–water partition coefficient (Wildman–Crippen LogP) is 1.41. The van der Waals surface area contributed by atoms with Crippen LogP contribution in [0.4, 0.5) is 0 Å². The fraction of sp³-hybridized carbons (Fsp3) is 1.00. The van der Waals surface area contributed by atoms with Crippen LogP contribution in [0.5, 0.6) is 0 Å². The molecule has 70 valence electrons. The maximum Gasteiger partial charge on any atom is 0.0733 e.